The van der Waals surface area contributed by atoms with E-state index in [1.807, 2.05) is 0 Å². The Morgan fingerprint density at radius 1 is 1.14 bits per heavy atom. The van der Waals surface area contributed by atoms with Crippen LogP contribution in [0.3, 0.4) is 0 Å². The van der Waals surface area contributed by atoms with Crippen LogP contribution in [0.4, 0.5) is 0 Å². The molecule has 4 nitrogen and oxygen atoms in total. The molecule has 0 amide bonds. The van der Waals surface area contributed by atoms with Gasteiger partial charge in [-0.3, -0.25) is 9.59 Å². The van der Waals surface area contributed by atoms with Gasteiger partial charge in [0.2, 0.25) is 0 Å². The van der Waals surface area contributed by atoms with Crippen LogP contribution in [0.2, 0.25) is 0 Å². The summed E-state index contributed by atoms with van der Waals surface area (Å²) < 4.78 is 9.41. The molecular formula is C10H18O4. The molecule has 0 rings (SSSR count). The quantitative estimate of drug-likeness (QED) is 0.558. The van der Waals surface area contributed by atoms with Crippen molar-refractivity contribution in [1.82, 2.24) is 0 Å². The molecule has 0 aromatic rings. The normalized spacial score (nSPS) is 11.1. The Morgan fingerprint density at radius 3 is 1.86 bits per heavy atom. The smallest absolute Gasteiger partial charge is 0.293 e. The third-order valence-corrected chi connectivity index (χ3v) is 2.75. The van der Waals surface area contributed by atoms with Crippen molar-refractivity contribution in [2.45, 2.75) is 27.2 Å². The molecule has 0 saturated carbocycles. The van der Waals surface area contributed by atoms with Crippen molar-refractivity contribution in [2.75, 3.05) is 13.2 Å². The van der Waals surface area contributed by atoms with E-state index in [1.165, 1.54) is 0 Å². The molecule has 0 aliphatic rings. The van der Waals surface area contributed by atoms with E-state index in [1.54, 1.807) is 0 Å². The van der Waals surface area contributed by atoms with Gasteiger partial charge in [0.05, 0.1) is 13.2 Å². The van der Waals surface area contributed by atoms with Crippen LogP contribution in [0.1, 0.15) is 27.2 Å². The highest BCUT2D eigenvalue weighted by molar-refractivity contribution is 5.37. The van der Waals surface area contributed by atoms with Crippen molar-refractivity contribution in [1.29, 1.82) is 0 Å². The monoisotopic (exact) mass is 202 g/mol. The first kappa shape index (κ1) is 12.9. The maximum absolute atomic E-state index is 10.1. The summed E-state index contributed by atoms with van der Waals surface area (Å²) in [6, 6.07) is 0. The van der Waals surface area contributed by atoms with E-state index in [2.05, 4.69) is 20.8 Å². The number of hydrogen-bond acceptors (Lipinski definition) is 4. The summed E-state index contributed by atoms with van der Waals surface area (Å²) in [6.45, 7) is 7.57. The van der Waals surface area contributed by atoms with E-state index >= 15 is 0 Å². The second-order valence-corrected chi connectivity index (χ2v) is 3.90. The fourth-order valence-electron chi connectivity index (χ4n) is 1.10. The molecule has 0 unspecified atom stereocenters. The number of rotatable bonds is 8. The molecular weight excluding hydrogens is 184 g/mol. The maximum Gasteiger partial charge on any atom is 0.293 e. The molecule has 0 aliphatic heterocycles. The van der Waals surface area contributed by atoms with Crippen LogP contribution in [0, 0.1) is 11.3 Å². The minimum Gasteiger partial charge on any atom is -0.467 e. The van der Waals surface area contributed by atoms with Gasteiger partial charge < -0.3 is 9.47 Å². The fraction of sp³-hybridized carbons (Fsp3) is 0.800. The van der Waals surface area contributed by atoms with Crippen LogP contribution in [0.15, 0.2) is 0 Å². The van der Waals surface area contributed by atoms with Crippen LogP contribution in [0.25, 0.3) is 0 Å². The Labute approximate surface area is 84.6 Å². The first-order valence-corrected chi connectivity index (χ1v) is 4.69. The Hall–Kier alpha value is -1.06. The molecule has 0 spiro atoms. The summed E-state index contributed by atoms with van der Waals surface area (Å²) in [5.41, 5.74) is -0.00792. The van der Waals surface area contributed by atoms with Gasteiger partial charge in [-0.1, -0.05) is 27.2 Å². The Kier molecular flexibility index (Phi) is 5.92. The zero-order chi connectivity index (χ0) is 11.0. The lowest BCUT2D eigenvalue weighted by molar-refractivity contribution is -0.136. The Bertz CT molecular complexity index is 165. The molecule has 0 N–H and O–H groups in total. The molecule has 0 heterocycles. The average Bonchev–Trinajstić information content (AvgIpc) is 2.17. The third-order valence-electron chi connectivity index (χ3n) is 2.75. The van der Waals surface area contributed by atoms with Gasteiger partial charge in [-0.15, -0.1) is 0 Å². The predicted molar refractivity (Wildman–Crippen MR) is 51.6 cm³/mol. The molecule has 0 atom stereocenters. The van der Waals surface area contributed by atoms with Crippen molar-refractivity contribution in [3.8, 4) is 0 Å². The summed E-state index contributed by atoms with van der Waals surface area (Å²) in [4.78, 5) is 20.1. The molecule has 0 aliphatic carbocycles. The van der Waals surface area contributed by atoms with E-state index < -0.39 is 0 Å². The van der Waals surface area contributed by atoms with E-state index in [-0.39, 0.29) is 24.5 Å². The van der Waals surface area contributed by atoms with Crippen molar-refractivity contribution >= 4 is 12.9 Å². The molecule has 0 radical (unpaired) electrons. The molecule has 0 aromatic heterocycles. The van der Waals surface area contributed by atoms with E-state index in [0.717, 1.165) is 6.42 Å². The zero-order valence-electron chi connectivity index (χ0n) is 8.99. The van der Waals surface area contributed by atoms with Crippen LogP contribution in [-0.2, 0) is 19.1 Å². The summed E-state index contributed by atoms with van der Waals surface area (Å²) >= 11 is 0. The molecule has 0 fully saturated rings. The predicted octanol–water partition coefficient (Wildman–Crippen LogP) is 1.38. The molecule has 0 aromatic carbocycles. The highest BCUT2D eigenvalue weighted by Gasteiger charge is 2.28. The number of carbonyl (C=O) groups is 2. The average molecular weight is 202 g/mol. The molecule has 82 valence electrons. The summed E-state index contributed by atoms with van der Waals surface area (Å²) in [5, 5.41) is 0. The van der Waals surface area contributed by atoms with Gasteiger partial charge in [0.25, 0.3) is 12.9 Å². The standard InChI is InChI=1S/C10H18O4/c1-4-10(2,3)9(5-13-7-11)6-14-8-12/h7-9H,4-6H2,1-3H3. The molecule has 14 heavy (non-hydrogen) atoms. The van der Waals surface area contributed by atoms with Crippen molar-refractivity contribution in [3.05, 3.63) is 0 Å². The lowest BCUT2D eigenvalue weighted by Gasteiger charge is -2.31. The van der Waals surface area contributed by atoms with Gasteiger partial charge in [0, 0.05) is 5.92 Å². The largest absolute Gasteiger partial charge is 0.467 e. The highest BCUT2D eigenvalue weighted by Crippen LogP contribution is 2.30. The first-order valence-electron chi connectivity index (χ1n) is 4.69. The molecule has 0 saturated heterocycles. The van der Waals surface area contributed by atoms with E-state index in [4.69, 9.17) is 9.47 Å². The fourth-order valence-corrected chi connectivity index (χ4v) is 1.10. The second kappa shape index (κ2) is 6.40. The van der Waals surface area contributed by atoms with Crippen LogP contribution >= 0.6 is 0 Å². The lowest BCUT2D eigenvalue weighted by atomic mass is 9.77. The van der Waals surface area contributed by atoms with Crippen molar-refractivity contribution < 1.29 is 19.1 Å². The number of hydrogen-bond donors (Lipinski definition) is 0. The van der Waals surface area contributed by atoms with Crippen LogP contribution in [-0.4, -0.2) is 26.2 Å². The van der Waals surface area contributed by atoms with Crippen molar-refractivity contribution in [3.63, 3.8) is 0 Å². The minimum atomic E-state index is -0.00792. The molecule has 0 bridgehead atoms. The zero-order valence-corrected chi connectivity index (χ0v) is 8.99. The van der Waals surface area contributed by atoms with Gasteiger partial charge in [-0.05, 0) is 5.41 Å². The molecule has 4 heteroatoms. The second-order valence-electron chi connectivity index (χ2n) is 3.90. The lowest BCUT2D eigenvalue weighted by Crippen LogP contribution is -2.31. The SMILES string of the molecule is CCC(C)(C)C(COC=O)COC=O. The highest BCUT2D eigenvalue weighted by atomic mass is 16.5. The van der Waals surface area contributed by atoms with Crippen molar-refractivity contribution in [2.24, 2.45) is 11.3 Å². The minimum absolute atomic E-state index is 0.00792. The summed E-state index contributed by atoms with van der Waals surface area (Å²) in [5.74, 6) is 0.0444. The van der Waals surface area contributed by atoms with Gasteiger partial charge >= 0.3 is 0 Å². The van der Waals surface area contributed by atoms with Crippen LogP contribution in [0.5, 0.6) is 0 Å². The van der Waals surface area contributed by atoms with Gasteiger partial charge in [-0.2, -0.15) is 0 Å². The number of carbonyl (C=O) groups excluding carboxylic acids is 2. The third kappa shape index (κ3) is 4.25. The maximum atomic E-state index is 10.1. The van der Waals surface area contributed by atoms with Crippen LogP contribution < -0.4 is 0 Å². The van der Waals surface area contributed by atoms with E-state index in [9.17, 15) is 9.59 Å². The van der Waals surface area contributed by atoms with E-state index in [0.29, 0.717) is 12.9 Å². The summed E-state index contributed by atoms with van der Waals surface area (Å²) in [6.07, 6.45) is 0.933. The Morgan fingerprint density at radius 2 is 1.57 bits per heavy atom. The van der Waals surface area contributed by atoms with Gasteiger partial charge in [0.15, 0.2) is 0 Å². The first-order chi connectivity index (χ1) is 6.58. The summed E-state index contributed by atoms with van der Waals surface area (Å²) in [7, 11) is 0. The Balaban J connectivity index is 4.20. The topological polar surface area (TPSA) is 52.6 Å². The van der Waals surface area contributed by atoms with Gasteiger partial charge in [-0.25, -0.2) is 0 Å². The van der Waals surface area contributed by atoms with Gasteiger partial charge in [0.1, 0.15) is 0 Å². The number of ether oxygens (including phenoxy) is 2.